The number of piperidine rings is 1. The van der Waals surface area contributed by atoms with Crippen molar-refractivity contribution in [3.05, 3.63) is 35.3 Å². The van der Waals surface area contributed by atoms with Crippen molar-refractivity contribution in [3.63, 3.8) is 0 Å². The van der Waals surface area contributed by atoms with Gasteiger partial charge in [0.05, 0.1) is 29.4 Å². The molecule has 0 bridgehead atoms. The Hall–Kier alpha value is -2.58. The monoisotopic (exact) mass is 469 g/mol. The van der Waals surface area contributed by atoms with Crippen molar-refractivity contribution in [1.29, 1.82) is 5.41 Å². The van der Waals surface area contributed by atoms with Crippen LogP contribution in [0.25, 0.3) is 0 Å². The smallest absolute Gasteiger partial charge is 0.150 e. The van der Waals surface area contributed by atoms with Crippen molar-refractivity contribution in [1.82, 2.24) is 4.90 Å². The Bertz CT molecular complexity index is 989. The van der Waals surface area contributed by atoms with Gasteiger partial charge in [0.2, 0.25) is 0 Å². The van der Waals surface area contributed by atoms with Crippen LogP contribution in [0.4, 0.5) is 10.1 Å². The zero-order valence-electron chi connectivity index (χ0n) is 20.5. The fraction of sp³-hybridized carbons (Fsp3) is 0.577. The van der Waals surface area contributed by atoms with E-state index in [1.54, 1.807) is 12.1 Å². The number of hydrogen-bond donors (Lipinski definition) is 2. The molecule has 3 aliphatic rings. The predicted molar refractivity (Wildman–Crippen MR) is 135 cm³/mol. The van der Waals surface area contributed by atoms with E-state index in [4.69, 9.17) is 14.9 Å². The topological polar surface area (TPSA) is 82.3 Å². The van der Waals surface area contributed by atoms with Gasteiger partial charge in [0.1, 0.15) is 11.6 Å². The van der Waals surface area contributed by atoms with Crippen molar-refractivity contribution in [2.24, 2.45) is 22.0 Å². The third-order valence-electron chi connectivity index (χ3n) is 6.96. The number of rotatable bonds is 7. The Morgan fingerprint density at radius 2 is 1.94 bits per heavy atom. The molecule has 0 radical (unpaired) electrons. The van der Waals surface area contributed by atoms with Gasteiger partial charge in [0.25, 0.3) is 0 Å². The van der Waals surface area contributed by atoms with E-state index in [1.807, 2.05) is 20.8 Å². The highest BCUT2D eigenvalue weighted by Crippen LogP contribution is 2.28. The minimum atomic E-state index is -0.395. The van der Waals surface area contributed by atoms with Crippen LogP contribution in [0.15, 0.2) is 39.7 Å². The van der Waals surface area contributed by atoms with E-state index in [0.29, 0.717) is 40.7 Å². The number of allylic oxidation sites excluding steroid dienone is 2. The molecule has 184 valence electrons. The lowest BCUT2D eigenvalue weighted by Crippen LogP contribution is -2.42. The predicted octanol–water partition coefficient (Wildman–Crippen LogP) is 4.90. The first-order valence-corrected chi connectivity index (χ1v) is 12.4. The maximum atomic E-state index is 14.6. The number of ether oxygens (including phenoxy) is 2. The summed E-state index contributed by atoms with van der Waals surface area (Å²) >= 11 is 0. The lowest BCUT2D eigenvalue weighted by molar-refractivity contribution is 0.0486. The summed E-state index contributed by atoms with van der Waals surface area (Å²) in [4.78, 5) is 2.55. The minimum Gasteiger partial charge on any atom is -0.494 e. The average molecular weight is 470 g/mol. The Balaban J connectivity index is 1.41. The number of halogens is 1. The first kappa shape index (κ1) is 24.5. The number of hydrogen-bond acceptors (Lipinski definition) is 7. The van der Waals surface area contributed by atoms with Crippen LogP contribution >= 0.6 is 0 Å². The lowest BCUT2D eigenvalue weighted by atomic mass is 9.85. The van der Waals surface area contributed by atoms with Crippen LogP contribution in [0, 0.1) is 23.1 Å². The molecule has 34 heavy (non-hydrogen) atoms. The van der Waals surface area contributed by atoms with Gasteiger partial charge in [0, 0.05) is 43.0 Å². The molecule has 2 saturated heterocycles. The van der Waals surface area contributed by atoms with Gasteiger partial charge in [-0.25, -0.2) is 4.39 Å². The number of likely N-dealkylation sites (tertiary alicyclic amines) is 1. The number of nitrogens with one attached hydrogen (secondary N) is 2. The molecule has 3 aliphatic heterocycles. The van der Waals surface area contributed by atoms with Gasteiger partial charge < -0.3 is 19.7 Å². The summed E-state index contributed by atoms with van der Waals surface area (Å²) in [7, 11) is 0. The van der Waals surface area contributed by atoms with Crippen LogP contribution in [-0.2, 0) is 4.74 Å². The summed E-state index contributed by atoms with van der Waals surface area (Å²) < 4.78 is 25.4. The molecule has 0 amide bonds. The Labute approximate surface area is 201 Å². The van der Waals surface area contributed by atoms with Crippen molar-refractivity contribution < 1.29 is 13.9 Å². The molecule has 7 nitrogen and oxygen atoms in total. The second kappa shape index (κ2) is 11.2. The summed E-state index contributed by atoms with van der Waals surface area (Å²) in [5.74, 6) is 1.06. The summed E-state index contributed by atoms with van der Waals surface area (Å²) in [6.45, 7) is 11.0. The van der Waals surface area contributed by atoms with Crippen LogP contribution in [-0.4, -0.2) is 61.5 Å². The van der Waals surface area contributed by atoms with Crippen LogP contribution < -0.4 is 10.1 Å². The Morgan fingerprint density at radius 1 is 1.21 bits per heavy atom. The first-order chi connectivity index (χ1) is 16.5. The largest absolute Gasteiger partial charge is 0.494 e. The van der Waals surface area contributed by atoms with Gasteiger partial charge in [0.15, 0.2) is 0 Å². The fourth-order valence-corrected chi connectivity index (χ4v) is 5.08. The fourth-order valence-electron chi connectivity index (χ4n) is 5.08. The van der Waals surface area contributed by atoms with Gasteiger partial charge >= 0.3 is 0 Å². The molecule has 2 N–H and O–H groups in total. The van der Waals surface area contributed by atoms with Gasteiger partial charge in [-0.3, -0.25) is 5.41 Å². The molecule has 0 unspecified atom stereocenters. The molecule has 0 aromatic heterocycles. The van der Waals surface area contributed by atoms with E-state index in [9.17, 15) is 4.39 Å². The van der Waals surface area contributed by atoms with E-state index in [1.165, 1.54) is 6.07 Å². The van der Waals surface area contributed by atoms with Crippen molar-refractivity contribution in [3.8, 4) is 5.75 Å². The second-order valence-electron chi connectivity index (χ2n) is 9.38. The standard InChI is InChI=1S/C26H36FN5O2/c1-4-34-21-5-6-23(22(27)15-21)29-17(2)24-18(3)30-31-26(25(24)28)20-7-11-32(12-8-20)16-19-9-13-33-14-10-19/h5-6,15,19-20,28-29H,4,7-14,16H2,1-3H3/b24-17-,28-25?. The molecule has 3 heterocycles. The molecule has 4 rings (SSSR count). The van der Waals surface area contributed by atoms with E-state index in [0.717, 1.165) is 70.2 Å². The molecule has 0 spiro atoms. The normalized spacial score (nSPS) is 22.3. The summed E-state index contributed by atoms with van der Waals surface area (Å²) in [6.07, 6.45) is 4.26. The van der Waals surface area contributed by atoms with Crippen LogP contribution in [0.3, 0.4) is 0 Å². The summed E-state index contributed by atoms with van der Waals surface area (Å²) in [6, 6.07) is 4.77. The number of anilines is 1. The van der Waals surface area contributed by atoms with Crippen LogP contribution in [0.5, 0.6) is 5.75 Å². The molecule has 1 aromatic carbocycles. The first-order valence-electron chi connectivity index (χ1n) is 12.4. The van der Waals surface area contributed by atoms with E-state index >= 15 is 0 Å². The Morgan fingerprint density at radius 3 is 2.62 bits per heavy atom. The average Bonchev–Trinajstić information content (AvgIpc) is 2.83. The van der Waals surface area contributed by atoms with E-state index in [-0.39, 0.29) is 5.92 Å². The van der Waals surface area contributed by atoms with E-state index < -0.39 is 5.82 Å². The van der Waals surface area contributed by atoms with Crippen LogP contribution in [0.1, 0.15) is 46.5 Å². The molecule has 0 atom stereocenters. The zero-order chi connectivity index (χ0) is 24.1. The molecule has 1 aromatic rings. The lowest BCUT2D eigenvalue weighted by Gasteiger charge is -2.36. The highest BCUT2D eigenvalue weighted by atomic mass is 19.1. The minimum absolute atomic E-state index is 0.223. The van der Waals surface area contributed by atoms with Crippen molar-refractivity contribution in [2.75, 3.05) is 44.8 Å². The van der Waals surface area contributed by atoms with Gasteiger partial charge in [-0.2, -0.15) is 10.2 Å². The highest BCUT2D eigenvalue weighted by molar-refractivity contribution is 6.54. The maximum absolute atomic E-state index is 14.6. The second-order valence-corrected chi connectivity index (χ2v) is 9.38. The third kappa shape index (κ3) is 5.73. The van der Waals surface area contributed by atoms with Gasteiger partial charge in [-0.1, -0.05) is 0 Å². The molecular formula is C26H36FN5O2. The van der Waals surface area contributed by atoms with E-state index in [2.05, 4.69) is 20.4 Å². The molecule has 8 heteroatoms. The summed E-state index contributed by atoms with van der Waals surface area (Å²) in [5.41, 5.74) is 3.55. The zero-order valence-corrected chi connectivity index (χ0v) is 20.5. The SMILES string of the molecule is CCOc1ccc(N/C(C)=C2\C(=N)C(C3CCN(CC4CCOCC4)CC3)=NN=C2C)c(F)c1. The number of benzene rings is 1. The van der Waals surface area contributed by atoms with Crippen LogP contribution in [0.2, 0.25) is 0 Å². The molecule has 0 aliphatic carbocycles. The van der Waals surface area contributed by atoms with Gasteiger partial charge in [-0.05, 0) is 77.6 Å². The van der Waals surface area contributed by atoms with Crippen molar-refractivity contribution >= 4 is 22.8 Å². The molecule has 0 saturated carbocycles. The molecular weight excluding hydrogens is 433 g/mol. The Kier molecular flexibility index (Phi) is 8.11. The quantitative estimate of drug-likeness (QED) is 0.595. The maximum Gasteiger partial charge on any atom is 0.150 e. The van der Waals surface area contributed by atoms with Crippen molar-refractivity contribution in [2.45, 2.75) is 46.5 Å². The van der Waals surface area contributed by atoms with Gasteiger partial charge in [-0.15, -0.1) is 0 Å². The molecule has 2 fully saturated rings. The number of nitrogens with zero attached hydrogens (tertiary/aromatic N) is 3. The third-order valence-corrected chi connectivity index (χ3v) is 6.96. The highest BCUT2D eigenvalue weighted by Gasteiger charge is 2.31. The summed E-state index contributed by atoms with van der Waals surface area (Å²) in [5, 5.41) is 20.9.